The number of halogens is 1. The van der Waals surface area contributed by atoms with Crippen LogP contribution in [0.2, 0.25) is 0 Å². The first kappa shape index (κ1) is 14.5. The van der Waals surface area contributed by atoms with Crippen molar-refractivity contribution < 1.29 is 9.21 Å². The standard InChI is InChI=1S/C19H13BrO2/c20-17-9-5-4-8-16(17)19-13-11-15(22-19)10-12-18(21)14-6-2-1-3-7-14/h1-13H. The molecule has 108 valence electrons. The third-order valence-corrected chi connectivity index (χ3v) is 3.91. The largest absolute Gasteiger partial charge is 0.457 e. The van der Waals surface area contributed by atoms with Gasteiger partial charge in [-0.2, -0.15) is 0 Å². The third-order valence-electron chi connectivity index (χ3n) is 3.22. The van der Waals surface area contributed by atoms with Gasteiger partial charge in [0.25, 0.3) is 0 Å². The fraction of sp³-hybridized carbons (Fsp3) is 0. The average molecular weight is 353 g/mol. The van der Waals surface area contributed by atoms with Crippen molar-refractivity contribution in [3.05, 3.63) is 88.6 Å². The van der Waals surface area contributed by atoms with Crippen molar-refractivity contribution in [3.63, 3.8) is 0 Å². The SMILES string of the molecule is O=C(C=Cc1ccc(-c2ccccc2Br)o1)c1ccccc1. The van der Waals surface area contributed by atoms with E-state index >= 15 is 0 Å². The molecule has 0 saturated heterocycles. The van der Waals surface area contributed by atoms with Crippen LogP contribution < -0.4 is 0 Å². The topological polar surface area (TPSA) is 30.2 Å². The fourth-order valence-corrected chi connectivity index (χ4v) is 2.58. The van der Waals surface area contributed by atoms with Crippen LogP contribution in [0.4, 0.5) is 0 Å². The Morgan fingerprint density at radius 2 is 1.64 bits per heavy atom. The smallest absolute Gasteiger partial charge is 0.185 e. The number of benzene rings is 2. The summed E-state index contributed by atoms with van der Waals surface area (Å²) in [4.78, 5) is 12.0. The Balaban J connectivity index is 1.79. The molecule has 0 fully saturated rings. The summed E-state index contributed by atoms with van der Waals surface area (Å²) < 4.78 is 6.74. The van der Waals surface area contributed by atoms with Crippen LogP contribution in [0, 0.1) is 0 Å². The Kier molecular flexibility index (Phi) is 4.35. The normalized spacial score (nSPS) is 11.0. The summed E-state index contributed by atoms with van der Waals surface area (Å²) in [6.45, 7) is 0. The zero-order chi connectivity index (χ0) is 15.4. The minimum atomic E-state index is -0.0422. The lowest BCUT2D eigenvalue weighted by Crippen LogP contribution is -1.92. The van der Waals surface area contributed by atoms with Crippen molar-refractivity contribution >= 4 is 27.8 Å². The van der Waals surface area contributed by atoms with Crippen LogP contribution >= 0.6 is 15.9 Å². The highest BCUT2D eigenvalue weighted by Crippen LogP contribution is 2.29. The molecule has 3 rings (SSSR count). The maximum atomic E-state index is 12.0. The first-order valence-corrected chi connectivity index (χ1v) is 7.65. The van der Waals surface area contributed by atoms with Gasteiger partial charge in [0.15, 0.2) is 5.78 Å². The van der Waals surface area contributed by atoms with Gasteiger partial charge in [-0.05, 0) is 30.4 Å². The minimum Gasteiger partial charge on any atom is -0.457 e. The number of furan rings is 1. The molecular formula is C19H13BrO2. The molecule has 0 amide bonds. The quantitative estimate of drug-likeness (QED) is 0.451. The molecule has 2 nitrogen and oxygen atoms in total. The molecule has 0 saturated carbocycles. The molecule has 0 aliphatic heterocycles. The highest BCUT2D eigenvalue weighted by Gasteiger charge is 2.07. The Bertz CT molecular complexity index is 816. The molecule has 0 spiro atoms. The zero-order valence-electron chi connectivity index (χ0n) is 11.7. The van der Waals surface area contributed by atoms with E-state index in [-0.39, 0.29) is 5.78 Å². The molecule has 22 heavy (non-hydrogen) atoms. The van der Waals surface area contributed by atoms with E-state index in [1.807, 2.05) is 54.6 Å². The Labute approximate surface area is 137 Å². The van der Waals surface area contributed by atoms with E-state index in [2.05, 4.69) is 15.9 Å². The van der Waals surface area contributed by atoms with E-state index in [9.17, 15) is 4.79 Å². The first-order valence-electron chi connectivity index (χ1n) is 6.86. The highest BCUT2D eigenvalue weighted by molar-refractivity contribution is 9.10. The Morgan fingerprint density at radius 1 is 0.909 bits per heavy atom. The molecular weight excluding hydrogens is 340 g/mol. The minimum absolute atomic E-state index is 0.0422. The van der Waals surface area contributed by atoms with Gasteiger partial charge in [0, 0.05) is 15.6 Å². The van der Waals surface area contributed by atoms with E-state index in [4.69, 9.17) is 4.42 Å². The van der Waals surface area contributed by atoms with Gasteiger partial charge in [-0.3, -0.25) is 4.79 Å². The third kappa shape index (κ3) is 3.26. The van der Waals surface area contributed by atoms with E-state index in [0.717, 1.165) is 15.8 Å². The van der Waals surface area contributed by atoms with Crippen molar-refractivity contribution in [2.45, 2.75) is 0 Å². The highest BCUT2D eigenvalue weighted by atomic mass is 79.9. The molecule has 0 radical (unpaired) electrons. The number of hydrogen-bond acceptors (Lipinski definition) is 2. The molecule has 2 aromatic carbocycles. The summed E-state index contributed by atoms with van der Waals surface area (Å²) in [6, 6.07) is 20.8. The lowest BCUT2D eigenvalue weighted by molar-refractivity contribution is 0.104. The lowest BCUT2D eigenvalue weighted by Gasteiger charge is -1.99. The molecule has 0 aliphatic rings. The maximum Gasteiger partial charge on any atom is 0.185 e. The maximum absolute atomic E-state index is 12.0. The Hall–Kier alpha value is -2.39. The summed E-state index contributed by atoms with van der Waals surface area (Å²) in [5.41, 5.74) is 1.65. The van der Waals surface area contributed by atoms with E-state index < -0.39 is 0 Å². The molecule has 0 unspecified atom stereocenters. The molecule has 0 atom stereocenters. The van der Waals surface area contributed by atoms with E-state index in [0.29, 0.717) is 11.3 Å². The van der Waals surface area contributed by atoms with Crippen molar-refractivity contribution in [2.24, 2.45) is 0 Å². The summed E-state index contributed by atoms with van der Waals surface area (Å²) >= 11 is 3.50. The molecule has 0 N–H and O–H groups in total. The number of allylic oxidation sites excluding steroid dienone is 1. The van der Waals surface area contributed by atoms with Gasteiger partial charge in [-0.15, -0.1) is 0 Å². The summed E-state index contributed by atoms with van der Waals surface area (Å²) in [5.74, 6) is 1.37. The predicted molar refractivity (Wildman–Crippen MR) is 91.7 cm³/mol. The van der Waals surface area contributed by atoms with Crippen LogP contribution in [-0.4, -0.2) is 5.78 Å². The molecule has 3 aromatic rings. The van der Waals surface area contributed by atoms with Crippen LogP contribution in [0.25, 0.3) is 17.4 Å². The number of carbonyl (C=O) groups is 1. The average Bonchev–Trinajstić information content (AvgIpc) is 3.02. The summed E-state index contributed by atoms with van der Waals surface area (Å²) in [7, 11) is 0. The summed E-state index contributed by atoms with van der Waals surface area (Å²) in [5, 5.41) is 0. The molecule has 1 heterocycles. The van der Waals surface area contributed by atoms with Crippen LogP contribution in [0.3, 0.4) is 0 Å². The lowest BCUT2D eigenvalue weighted by atomic mass is 10.1. The van der Waals surface area contributed by atoms with Crippen molar-refractivity contribution in [2.75, 3.05) is 0 Å². The monoisotopic (exact) mass is 352 g/mol. The van der Waals surface area contributed by atoms with Crippen LogP contribution in [-0.2, 0) is 0 Å². The number of ketones is 1. The van der Waals surface area contributed by atoms with Crippen molar-refractivity contribution in [3.8, 4) is 11.3 Å². The van der Waals surface area contributed by atoms with Crippen molar-refractivity contribution in [1.82, 2.24) is 0 Å². The van der Waals surface area contributed by atoms with Gasteiger partial charge in [0.2, 0.25) is 0 Å². The van der Waals surface area contributed by atoms with Gasteiger partial charge in [0.1, 0.15) is 11.5 Å². The summed E-state index contributed by atoms with van der Waals surface area (Å²) in [6.07, 6.45) is 3.22. The van der Waals surface area contributed by atoms with Crippen LogP contribution in [0.5, 0.6) is 0 Å². The van der Waals surface area contributed by atoms with Gasteiger partial charge >= 0.3 is 0 Å². The van der Waals surface area contributed by atoms with Gasteiger partial charge in [-0.1, -0.05) is 64.5 Å². The number of rotatable bonds is 4. The molecule has 1 aromatic heterocycles. The van der Waals surface area contributed by atoms with Crippen molar-refractivity contribution in [1.29, 1.82) is 0 Å². The van der Waals surface area contributed by atoms with Gasteiger partial charge in [-0.25, -0.2) is 0 Å². The Morgan fingerprint density at radius 3 is 2.41 bits per heavy atom. The number of hydrogen-bond donors (Lipinski definition) is 0. The fourth-order valence-electron chi connectivity index (χ4n) is 2.10. The van der Waals surface area contributed by atoms with Gasteiger partial charge in [0.05, 0.1) is 0 Å². The number of carbonyl (C=O) groups excluding carboxylic acids is 1. The van der Waals surface area contributed by atoms with E-state index in [1.165, 1.54) is 6.08 Å². The zero-order valence-corrected chi connectivity index (χ0v) is 13.3. The van der Waals surface area contributed by atoms with Crippen LogP contribution in [0.1, 0.15) is 16.1 Å². The predicted octanol–water partition coefficient (Wildman–Crippen LogP) is 5.61. The molecule has 0 bridgehead atoms. The van der Waals surface area contributed by atoms with Gasteiger partial charge < -0.3 is 4.42 Å². The van der Waals surface area contributed by atoms with Crippen LogP contribution in [0.15, 0.2) is 81.7 Å². The first-order chi connectivity index (χ1) is 10.7. The second kappa shape index (κ2) is 6.58. The second-order valence-electron chi connectivity index (χ2n) is 4.75. The van der Waals surface area contributed by atoms with E-state index in [1.54, 1.807) is 18.2 Å². The molecule has 0 aliphatic carbocycles. The molecule has 3 heteroatoms. The second-order valence-corrected chi connectivity index (χ2v) is 5.60.